The van der Waals surface area contributed by atoms with Gasteiger partial charge < -0.3 is 14.2 Å². The molecule has 0 radical (unpaired) electrons. The Balaban J connectivity index is -0.000000131. The fourth-order valence-electron chi connectivity index (χ4n) is 0.720. The number of halogens is 3. The molecule has 0 aliphatic heterocycles. The molecule has 25 heavy (non-hydrogen) atoms. The summed E-state index contributed by atoms with van der Waals surface area (Å²) in [6, 6.07) is 0. The van der Waals surface area contributed by atoms with Gasteiger partial charge in [0.2, 0.25) is 0 Å². The van der Waals surface area contributed by atoms with Crippen molar-refractivity contribution in [2.24, 2.45) is 0 Å². The zero-order valence-electron chi connectivity index (χ0n) is 14.5. The zero-order chi connectivity index (χ0) is 19.7. The van der Waals surface area contributed by atoms with E-state index in [0.29, 0.717) is 4.48 Å². The Hall–Kier alpha value is -0.670. The number of methoxy groups -OCH3 is 3. The van der Waals surface area contributed by atoms with Gasteiger partial charge in [0.15, 0.2) is 0 Å². The Labute approximate surface area is 175 Å². The molecule has 0 bridgehead atoms. The van der Waals surface area contributed by atoms with Gasteiger partial charge in [-0.3, -0.25) is 4.79 Å². The van der Waals surface area contributed by atoms with E-state index in [-0.39, 0.29) is 35.0 Å². The van der Waals surface area contributed by atoms with E-state index in [0.717, 1.165) is 0 Å². The average Bonchev–Trinajstić information content (AvgIpc) is 2.59. The molecule has 0 aliphatic carbocycles. The van der Waals surface area contributed by atoms with Crippen molar-refractivity contribution in [2.75, 3.05) is 21.3 Å². The van der Waals surface area contributed by atoms with E-state index >= 15 is 0 Å². The first-order chi connectivity index (χ1) is 11.1. The molecule has 0 N–H and O–H groups in total. The third-order valence-electron chi connectivity index (χ3n) is 1.97. The molecule has 148 valence electrons. The fourth-order valence-corrected chi connectivity index (χ4v) is 1.28. The summed E-state index contributed by atoms with van der Waals surface area (Å²) in [4.78, 5) is 31.0. The van der Waals surface area contributed by atoms with Crippen LogP contribution in [-0.4, -0.2) is 48.9 Å². The molecular weight excluding hydrogens is 528 g/mol. The number of ether oxygens (including phenoxy) is 3. The van der Waals surface area contributed by atoms with Gasteiger partial charge in [0.25, 0.3) is 0 Å². The Bertz CT molecular complexity index is 434. The van der Waals surface area contributed by atoms with Gasteiger partial charge in [-0.05, 0) is 29.8 Å². The second kappa shape index (κ2) is 21.4. The number of allylic oxidation sites excluding steroid dienone is 2. The van der Waals surface area contributed by atoms with Crippen LogP contribution in [0.1, 0.15) is 28.2 Å². The van der Waals surface area contributed by atoms with Crippen LogP contribution >= 0.6 is 47.8 Å². The van der Waals surface area contributed by atoms with Crippen molar-refractivity contribution >= 4 is 65.7 Å². The minimum absolute atomic E-state index is 0. The quantitative estimate of drug-likeness (QED) is 0.220. The molecule has 9 heteroatoms. The predicted molar refractivity (Wildman–Crippen MR) is 111 cm³/mol. The molecule has 0 spiro atoms. The standard InChI is InChI=1S/C5H8Br2O2.C5H7BrO2.C5H8O2.CH4/c1-3(6)4(7)5(8)9-2;1-3-4(6)5(7)8-2;1-3-4-5(6)7-2;/h3-4H,1-2H3;3H,1-2H3;3-4H,1-2H3;1H4/b;2*4-3+;. The molecule has 0 aromatic heterocycles. The minimum atomic E-state index is -0.340. The van der Waals surface area contributed by atoms with Crippen LogP contribution in [0, 0.1) is 0 Å². The van der Waals surface area contributed by atoms with Gasteiger partial charge >= 0.3 is 17.9 Å². The molecule has 0 rings (SSSR count). The maximum atomic E-state index is 10.7. The lowest BCUT2D eigenvalue weighted by atomic mass is 10.3. The lowest BCUT2D eigenvalue weighted by Gasteiger charge is -2.07. The van der Waals surface area contributed by atoms with Gasteiger partial charge in [0, 0.05) is 10.9 Å². The van der Waals surface area contributed by atoms with Gasteiger partial charge in [-0.15, -0.1) is 0 Å². The normalized spacial score (nSPS) is 12.1. The number of carbonyl (C=O) groups excluding carboxylic acids is 3. The maximum Gasteiger partial charge on any atom is 0.344 e. The summed E-state index contributed by atoms with van der Waals surface area (Å²) in [5, 5.41) is 0. The molecule has 0 fully saturated rings. The monoisotopic (exact) mass is 552 g/mol. The van der Waals surface area contributed by atoms with E-state index in [1.807, 2.05) is 6.92 Å². The second-order valence-corrected chi connectivity index (χ2v) is 7.04. The molecule has 0 aliphatic rings. The number of carbonyl (C=O) groups is 3. The smallest absolute Gasteiger partial charge is 0.344 e. The average molecular weight is 555 g/mol. The van der Waals surface area contributed by atoms with Crippen LogP contribution < -0.4 is 0 Å². The van der Waals surface area contributed by atoms with Crippen molar-refractivity contribution in [3.63, 3.8) is 0 Å². The SMILES string of the molecule is C.C/C=C(/Br)C(=O)OC.C/C=C/C(=O)OC.COC(=O)C(Br)C(C)Br. The third-order valence-corrected chi connectivity index (χ3v) is 5.15. The molecular formula is C16H27Br3O6. The number of rotatable bonds is 4. The van der Waals surface area contributed by atoms with E-state index < -0.39 is 0 Å². The summed E-state index contributed by atoms with van der Waals surface area (Å²) >= 11 is 9.37. The van der Waals surface area contributed by atoms with E-state index in [1.54, 1.807) is 26.0 Å². The van der Waals surface area contributed by atoms with E-state index in [4.69, 9.17) is 0 Å². The lowest BCUT2D eigenvalue weighted by molar-refractivity contribution is -0.139. The van der Waals surface area contributed by atoms with Crippen molar-refractivity contribution < 1.29 is 28.6 Å². The van der Waals surface area contributed by atoms with Gasteiger partial charge in [-0.25, -0.2) is 9.59 Å². The third kappa shape index (κ3) is 21.3. The highest BCUT2D eigenvalue weighted by Crippen LogP contribution is 2.14. The first kappa shape index (κ1) is 32.0. The van der Waals surface area contributed by atoms with Crippen LogP contribution in [0.25, 0.3) is 0 Å². The summed E-state index contributed by atoms with van der Waals surface area (Å²) in [6.07, 6.45) is 4.62. The molecule has 2 unspecified atom stereocenters. The number of hydrogen-bond donors (Lipinski definition) is 0. The molecule has 0 heterocycles. The largest absolute Gasteiger partial charge is 0.468 e. The summed E-state index contributed by atoms with van der Waals surface area (Å²) < 4.78 is 13.5. The number of alkyl halides is 2. The topological polar surface area (TPSA) is 78.9 Å². The summed E-state index contributed by atoms with van der Waals surface area (Å²) in [7, 11) is 4.06. The van der Waals surface area contributed by atoms with Gasteiger partial charge in [-0.2, -0.15) is 0 Å². The van der Waals surface area contributed by atoms with Crippen LogP contribution in [0.2, 0.25) is 0 Å². The Kier molecular flexibility index (Phi) is 27.4. The maximum absolute atomic E-state index is 10.7. The summed E-state index contributed by atoms with van der Waals surface area (Å²) in [5.74, 6) is -0.894. The minimum Gasteiger partial charge on any atom is -0.468 e. The van der Waals surface area contributed by atoms with Crippen molar-refractivity contribution in [1.82, 2.24) is 0 Å². The van der Waals surface area contributed by atoms with Crippen LogP contribution in [0.15, 0.2) is 22.7 Å². The molecule has 0 aromatic carbocycles. The molecule has 0 saturated heterocycles. The van der Waals surface area contributed by atoms with Crippen LogP contribution in [-0.2, 0) is 28.6 Å². The first-order valence-corrected chi connectivity index (χ1v) is 9.21. The van der Waals surface area contributed by atoms with Crippen LogP contribution in [0.4, 0.5) is 0 Å². The highest BCUT2D eigenvalue weighted by Gasteiger charge is 2.19. The van der Waals surface area contributed by atoms with Crippen molar-refractivity contribution in [3.05, 3.63) is 22.7 Å². The predicted octanol–water partition coefficient (Wildman–Crippen LogP) is 4.54. The summed E-state index contributed by atoms with van der Waals surface area (Å²) in [6.45, 7) is 5.38. The Morgan fingerprint density at radius 3 is 1.56 bits per heavy atom. The Morgan fingerprint density at radius 1 is 0.960 bits per heavy atom. The highest BCUT2D eigenvalue weighted by molar-refractivity contribution is 9.12. The summed E-state index contributed by atoms with van der Waals surface area (Å²) in [5.41, 5.74) is 0. The van der Waals surface area contributed by atoms with Gasteiger partial charge in [0.1, 0.15) is 4.83 Å². The Morgan fingerprint density at radius 2 is 1.44 bits per heavy atom. The lowest BCUT2D eigenvalue weighted by Crippen LogP contribution is -2.22. The molecule has 0 amide bonds. The van der Waals surface area contributed by atoms with E-state index in [2.05, 4.69) is 62.0 Å². The van der Waals surface area contributed by atoms with Crippen LogP contribution in [0.3, 0.4) is 0 Å². The van der Waals surface area contributed by atoms with Crippen molar-refractivity contribution in [3.8, 4) is 0 Å². The molecule has 2 atom stereocenters. The molecule has 0 saturated carbocycles. The highest BCUT2D eigenvalue weighted by atomic mass is 79.9. The van der Waals surface area contributed by atoms with Crippen molar-refractivity contribution in [1.29, 1.82) is 0 Å². The fraction of sp³-hybridized carbons (Fsp3) is 0.562. The van der Waals surface area contributed by atoms with Gasteiger partial charge in [0.05, 0.1) is 25.8 Å². The van der Waals surface area contributed by atoms with E-state index in [9.17, 15) is 14.4 Å². The number of esters is 3. The molecule has 6 nitrogen and oxygen atoms in total. The van der Waals surface area contributed by atoms with Crippen LogP contribution in [0.5, 0.6) is 0 Å². The molecule has 0 aromatic rings. The number of hydrogen-bond acceptors (Lipinski definition) is 6. The van der Waals surface area contributed by atoms with E-state index in [1.165, 1.54) is 27.4 Å². The second-order valence-electron chi connectivity index (χ2n) is 3.75. The van der Waals surface area contributed by atoms with Crippen molar-refractivity contribution in [2.45, 2.75) is 37.9 Å². The van der Waals surface area contributed by atoms with Gasteiger partial charge in [-0.1, -0.05) is 58.4 Å². The first-order valence-electron chi connectivity index (χ1n) is 6.59. The zero-order valence-corrected chi connectivity index (χ0v) is 19.2.